The first-order chi connectivity index (χ1) is 7.65. The van der Waals surface area contributed by atoms with E-state index >= 15 is 0 Å². The van der Waals surface area contributed by atoms with Gasteiger partial charge in [-0.2, -0.15) is 0 Å². The van der Waals surface area contributed by atoms with E-state index in [0.717, 1.165) is 0 Å². The Bertz CT molecular complexity index is 479. The van der Waals surface area contributed by atoms with E-state index in [1.54, 1.807) is 19.1 Å². The Morgan fingerprint density at radius 3 is 3.00 bits per heavy atom. The van der Waals surface area contributed by atoms with Gasteiger partial charge < -0.3 is 9.52 Å². The fraction of sp³-hybridized carbons (Fsp3) is 0.250. The zero-order valence-electron chi connectivity index (χ0n) is 8.85. The normalized spacial score (nSPS) is 12.7. The number of hydrogen-bond acceptors (Lipinski definition) is 3. The van der Waals surface area contributed by atoms with Gasteiger partial charge in [-0.15, -0.1) is 0 Å². The Hall–Kier alpha value is -1.68. The quantitative estimate of drug-likeness (QED) is 0.865. The summed E-state index contributed by atoms with van der Waals surface area (Å²) in [5.74, 6) is 0.0444. The maximum Gasteiger partial charge on any atom is 0.226 e. The van der Waals surface area contributed by atoms with Crippen LogP contribution in [-0.2, 0) is 6.42 Å². The Kier molecular flexibility index (Phi) is 3.01. The summed E-state index contributed by atoms with van der Waals surface area (Å²) in [5, 5.41) is 9.19. The average molecular weight is 221 g/mol. The standard InChI is InChI=1S/C12H12FNO2/c1-8(15)5-11-7-16-12(14-11)9-3-2-4-10(13)6-9/h2-4,6-8,15H,5H2,1H3. The first-order valence-corrected chi connectivity index (χ1v) is 5.03. The van der Waals surface area contributed by atoms with Gasteiger partial charge in [-0.1, -0.05) is 6.07 Å². The van der Waals surface area contributed by atoms with Gasteiger partial charge in [0.15, 0.2) is 0 Å². The molecule has 1 heterocycles. The highest BCUT2D eigenvalue weighted by Gasteiger charge is 2.08. The summed E-state index contributed by atoms with van der Waals surface area (Å²) in [5.41, 5.74) is 1.26. The van der Waals surface area contributed by atoms with Crippen LogP contribution in [0.2, 0.25) is 0 Å². The lowest BCUT2D eigenvalue weighted by atomic mass is 10.2. The monoisotopic (exact) mass is 221 g/mol. The molecule has 1 N–H and O–H groups in total. The fourth-order valence-corrected chi connectivity index (χ4v) is 1.46. The summed E-state index contributed by atoms with van der Waals surface area (Å²) in [4.78, 5) is 4.17. The third kappa shape index (κ3) is 2.46. The van der Waals surface area contributed by atoms with Gasteiger partial charge in [-0.3, -0.25) is 0 Å². The lowest BCUT2D eigenvalue weighted by Gasteiger charge is -1.97. The van der Waals surface area contributed by atoms with E-state index in [1.165, 1.54) is 18.4 Å². The van der Waals surface area contributed by atoms with Crippen LogP contribution in [0.5, 0.6) is 0 Å². The number of rotatable bonds is 3. The molecule has 1 aromatic heterocycles. The molecule has 0 amide bonds. The molecule has 1 unspecified atom stereocenters. The minimum atomic E-state index is -0.467. The van der Waals surface area contributed by atoms with Gasteiger partial charge in [0.1, 0.15) is 12.1 Å². The Morgan fingerprint density at radius 1 is 1.50 bits per heavy atom. The number of aromatic nitrogens is 1. The number of halogens is 1. The lowest BCUT2D eigenvalue weighted by molar-refractivity contribution is 0.194. The smallest absolute Gasteiger partial charge is 0.226 e. The van der Waals surface area contributed by atoms with E-state index in [2.05, 4.69) is 4.98 Å². The molecule has 0 aliphatic carbocycles. The third-order valence-corrected chi connectivity index (χ3v) is 2.13. The molecule has 2 rings (SSSR count). The molecular formula is C12H12FNO2. The van der Waals surface area contributed by atoms with Crippen molar-refractivity contribution in [2.45, 2.75) is 19.4 Å². The van der Waals surface area contributed by atoms with Crippen LogP contribution < -0.4 is 0 Å². The Labute approximate surface area is 92.6 Å². The molecule has 16 heavy (non-hydrogen) atoms. The summed E-state index contributed by atoms with van der Waals surface area (Å²) < 4.78 is 18.2. The van der Waals surface area contributed by atoms with Crippen LogP contribution >= 0.6 is 0 Å². The van der Waals surface area contributed by atoms with Crippen molar-refractivity contribution in [3.63, 3.8) is 0 Å². The van der Waals surface area contributed by atoms with Crippen LogP contribution in [0.4, 0.5) is 4.39 Å². The van der Waals surface area contributed by atoms with Gasteiger partial charge in [-0.25, -0.2) is 9.37 Å². The van der Waals surface area contributed by atoms with Gasteiger partial charge in [0.25, 0.3) is 0 Å². The number of oxazole rings is 1. The molecule has 4 heteroatoms. The zero-order chi connectivity index (χ0) is 11.5. The number of nitrogens with zero attached hydrogens (tertiary/aromatic N) is 1. The molecule has 0 bridgehead atoms. The second-order valence-electron chi connectivity index (χ2n) is 3.71. The van der Waals surface area contributed by atoms with E-state index in [0.29, 0.717) is 23.6 Å². The number of aliphatic hydroxyl groups excluding tert-OH is 1. The summed E-state index contributed by atoms with van der Waals surface area (Å²) in [6.45, 7) is 1.68. The average Bonchev–Trinajstić information content (AvgIpc) is 2.65. The van der Waals surface area contributed by atoms with Gasteiger partial charge >= 0.3 is 0 Å². The molecule has 84 valence electrons. The van der Waals surface area contributed by atoms with E-state index in [1.807, 2.05) is 0 Å². The van der Waals surface area contributed by atoms with Crippen LogP contribution in [0, 0.1) is 5.82 Å². The van der Waals surface area contributed by atoms with Crippen LogP contribution in [-0.4, -0.2) is 16.2 Å². The molecule has 0 radical (unpaired) electrons. The summed E-state index contributed by atoms with van der Waals surface area (Å²) in [6, 6.07) is 6.05. The van der Waals surface area contributed by atoms with Gasteiger partial charge in [0.2, 0.25) is 5.89 Å². The van der Waals surface area contributed by atoms with E-state index in [4.69, 9.17) is 4.42 Å². The van der Waals surface area contributed by atoms with Crippen LogP contribution in [0.25, 0.3) is 11.5 Å². The Balaban J connectivity index is 2.24. The van der Waals surface area contributed by atoms with Gasteiger partial charge in [0.05, 0.1) is 11.8 Å². The van der Waals surface area contributed by atoms with E-state index < -0.39 is 6.10 Å². The largest absolute Gasteiger partial charge is 0.444 e. The Morgan fingerprint density at radius 2 is 2.31 bits per heavy atom. The molecule has 3 nitrogen and oxygen atoms in total. The molecular weight excluding hydrogens is 209 g/mol. The van der Waals surface area contributed by atoms with Crippen molar-refractivity contribution in [1.29, 1.82) is 0 Å². The van der Waals surface area contributed by atoms with Crippen molar-refractivity contribution >= 4 is 0 Å². The minimum Gasteiger partial charge on any atom is -0.444 e. The first-order valence-electron chi connectivity index (χ1n) is 5.03. The summed E-state index contributed by atoms with van der Waals surface area (Å²) in [6.07, 6.45) is 1.44. The molecule has 0 saturated heterocycles. The second kappa shape index (κ2) is 4.45. The SMILES string of the molecule is CC(O)Cc1coc(-c2cccc(F)c2)n1. The molecule has 1 atom stereocenters. The summed E-state index contributed by atoms with van der Waals surface area (Å²) >= 11 is 0. The van der Waals surface area contributed by atoms with Crippen molar-refractivity contribution in [3.05, 3.63) is 42.0 Å². The van der Waals surface area contributed by atoms with Crippen LogP contribution in [0.15, 0.2) is 34.9 Å². The van der Waals surface area contributed by atoms with Crippen molar-refractivity contribution in [2.75, 3.05) is 0 Å². The van der Waals surface area contributed by atoms with E-state index in [9.17, 15) is 9.50 Å². The topological polar surface area (TPSA) is 46.3 Å². The van der Waals surface area contributed by atoms with Crippen molar-refractivity contribution in [2.24, 2.45) is 0 Å². The minimum absolute atomic E-state index is 0.326. The number of aliphatic hydroxyl groups is 1. The predicted octanol–water partition coefficient (Wildman–Crippen LogP) is 2.40. The van der Waals surface area contributed by atoms with E-state index in [-0.39, 0.29) is 5.82 Å². The van der Waals surface area contributed by atoms with Gasteiger partial charge in [-0.05, 0) is 25.1 Å². The van der Waals surface area contributed by atoms with Crippen molar-refractivity contribution in [3.8, 4) is 11.5 Å². The van der Waals surface area contributed by atoms with Gasteiger partial charge in [0, 0.05) is 12.0 Å². The zero-order valence-corrected chi connectivity index (χ0v) is 8.85. The molecule has 2 aromatic rings. The molecule has 1 aromatic carbocycles. The molecule has 0 aliphatic rings. The maximum absolute atomic E-state index is 13.0. The fourth-order valence-electron chi connectivity index (χ4n) is 1.46. The third-order valence-electron chi connectivity index (χ3n) is 2.13. The highest BCUT2D eigenvalue weighted by atomic mass is 19.1. The molecule has 0 fully saturated rings. The highest BCUT2D eigenvalue weighted by Crippen LogP contribution is 2.19. The van der Waals surface area contributed by atoms with Crippen LogP contribution in [0.3, 0.4) is 0 Å². The highest BCUT2D eigenvalue weighted by molar-refractivity contribution is 5.52. The number of benzene rings is 1. The second-order valence-corrected chi connectivity index (χ2v) is 3.71. The molecule has 0 spiro atoms. The lowest BCUT2D eigenvalue weighted by Crippen LogP contribution is -2.04. The van der Waals surface area contributed by atoms with Crippen molar-refractivity contribution < 1.29 is 13.9 Å². The first kappa shape index (κ1) is 10.8. The molecule has 0 aliphatic heterocycles. The maximum atomic E-state index is 13.0. The predicted molar refractivity (Wildman–Crippen MR) is 57.3 cm³/mol. The molecule has 0 saturated carbocycles. The number of hydrogen-bond donors (Lipinski definition) is 1. The summed E-state index contributed by atoms with van der Waals surface area (Å²) in [7, 11) is 0. The van der Waals surface area contributed by atoms with Crippen LogP contribution in [0.1, 0.15) is 12.6 Å². The van der Waals surface area contributed by atoms with Crippen molar-refractivity contribution in [1.82, 2.24) is 4.98 Å².